The Kier molecular flexibility index (Phi) is 5.34. The molecule has 0 aliphatic carbocycles. The van der Waals surface area contributed by atoms with E-state index in [2.05, 4.69) is 0 Å². The maximum absolute atomic E-state index is 10.3. The summed E-state index contributed by atoms with van der Waals surface area (Å²) in [4.78, 5) is 10.3. The van der Waals surface area contributed by atoms with Gasteiger partial charge in [-0.1, -0.05) is 11.8 Å². The molecule has 2 nitrogen and oxygen atoms in total. The van der Waals surface area contributed by atoms with Crippen molar-refractivity contribution in [2.45, 2.75) is 19.8 Å². The third kappa shape index (κ3) is 7.51. The zero-order chi connectivity index (χ0) is 7.11. The topological polar surface area (TPSA) is 40.9 Å². The molecule has 9 heavy (non-hydrogen) atoms. The van der Waals surface area contributed by atoms with Gasteiger partial charge < -0.3 is 0 Å². The molecule has 0 atom stereocenters. The summed E-state index contributed by atoms with van der Waals surface area (Å²) in [5.41, 5.74) is 0. The molecule has 0 aromatic carbocycles. The second-order valence-electron chi connectivity index (χ2n) is 1.60. The number of unbranched alkanes of at least 4 members (excludes halogenated alkanes) is 1. The molecule has 0 aromatic heterocycles. The highest BCUT2D eigenvalue weighted by Gasteiger charge is 1.91. The van der Waals surface area contributed by atoms with E-state index in [4.69, 9.17) is 5.26 Å². The largest absolute Gasteiger partial charge is 0.288 e. The van der Waals surface area contributed by atoms with Gasteiger partial charge in [0.15, 0.2) is 5.12 Å². The second-order valence-corrected chi connectivity index (χ2v) is 2.87. The normalized spacial score (nSPS) is 8.44. The Morgan fingerprint density at radius 3 is 2.89 bits per heavy atom. The van der Waals surface area contributed by atoms with Gasteiger partial charge in [-0.05, 0) is 6.42 Å². The minimum absolute atomic E-state index is 0.132. The monoisotopic (exact) mass is 143 g/mol. The maximum atomic E-state index is 10.3. The average Bonchev–Trinajstić information content (AvgIpc) is 1.80. The fourth-order valence-corrected chi connectivity index (χ4v) is 0.943. The van der Waals surface area contributed by atoms with Gasteiger partial charge in [0, 0.05) is 19.1 Å². The number of hydrogen-bond acceptors (Lipinski definition) is 3. The van der Waals surface area contributed by atoms with E-state index in [-0.39, 0.29) is 5.12 Å². The number of carbonyl (C=O) groups excluding carboxylic acids is 1. The highest BCUT2D eigenvalue weighted by molar-refractivity contribution is 8.13. The Morgan fingerprint density at radius 1 is 1.78 bits per heavy atom. The van der Waals surface area contributed by atoms with Crippen LogP contribution in [0.3, 0.4) is 0 Å². The molecule has 0 saturated heterocycles. The third-order valence-electron chi connectivity index (χ3n) is 0.738. The van der Waals surface area contributed by atoms with Gasteiger partial charge in [0.05, 0.1) is 6.07 Å². The summed E-state index contributed by atoms with van der Waals surface area (Å²) >= 11 is 1.28. The van der Waals surface area contributed by atoms with Crippen molar-refractivity contribution in [3.05, 3.63) is 0 Å². The molecular formula is C6H9NOS. The van der Waals surface area contributed by atoms with Crippen molar-refractivity contribution in [3.63, 3.8) is 0 Å². The third-order valence-corrected chi connectivity index (χ3v) is 1.64. The minimum Gasteiger partial charge on any atom is -0.288 e. The van der Waals surface area contributed by atoms with Crippen molar-refractivity contribution < 1.29 is 4.79 Å². The lowest BCUT2D eigenvalue weighted by molar-refractivity contribution is -0.109. The molecule has 0 bridgehead atoms. The first-order chi connectivity index (χ1) is 4.27. The van der Waals surface area contributed by atoms with Gasteiger partial charge >= 0.3 is 0 Å². The molecule has 0 saturated carbocycles. The number of carbonyl (C=O) groups is 1. The van der Waals surface area contributed by atoms with Crippen LogP contribution in [-0.4, -0.2) is 10.9 Å². The zero-order valence-electron chi connectivity index (χ0n) is 5.39. The molecule has 0 radical (unpaired) electrons. The molecule has 0 unspecified atom stereocenters. The molecule has 0 amide bonds. The molecule has 3 heteroatoms. The van der Waals surface area contributed by atoms with Crippen LogP contribution in [0.5, 0.6) is 0 Å². The van der Waals surface area contributed by atoms with Gasteiger partial charge in [-0.15, -0.1) is 0 Å². The van der Waals surface area contributed by atoms with Crippen LogP contribution < -0.4 is 0 Å². The van der Waals surface area contributed by atoms with Crippen molar-refractivity contribution in [1.82, 2.24) is 0 Å². The predicted octanol–water partition coefficient (Wildman–Crippen LogP) is 1.57. The van der Waals surface area contributed by atoms with Crippen molar-refractivity contribution in [2.24, 2.45) is 0 Å². The van der Waals surface area contributed by atoms with Crippen LogP contribution in [-0.2, 0) is 4.79 Å². The van der Waals surface area contributed by atoms with Crippen LogP contribution in [0.25, 0.3) is 0 Å². The van der Waals surface area contributed by atoms with E-state index >= 15 is 0 Å². The van der Waals surface area contributed by atoms with Gasteiger partial charge in [-0.25, -0.2) is 0 Å². The summed E-state index contributed by atoms with van der Waals surface area (Å²) in [5.74, 6) is 0.781. The van der Waals surface area contributed by atoms with Crippen molar-refractivity contribution in [2.75, 3.05) is 5.75 Å². The van der Waals surface area contributed by atoms with Gasteiger partial charge in [0.25, 0.3) is 0 Å². The SMILES string of the molecule is CC(=O)SCCCC#N. The first kappa shape index (κ1) is 8.51. The predicted molar refractivity (Wildman–Crippen MR) is 38.0 cm³/mol. The smallest absolute Gasteiger partial charge is 0.185 e. The molecule has 0 N–H and O–H groups in total. The standard InChI is InChI=1S/C6H9NOS/c1-6(8)9-5-3-2-4-7/h2-3,5H2,1H3. The van der Waals surface area contributed by atoms with Crippen molar-refractivity contribution in [3.8, 4) is 6.07 Å². The molecule has 0 fully saturated rings. The van der Waals surface area contributed by atoms with E-state index in [0.29, 0.717) is 6.42 Å². The second kappa shape index (κ2) is 5.64. The molecule has 0 aliphatic heterocycles. The first-order valence-corrected chi connectivity index (χ1v) is 3.76. The summed E-state index contributed by atoms with van der Waals surface area (Å²) in [7, 11) is 0. The van der Waals surface area contributed by atoms with Gasteiger partial charge in [-0.3, -0.25) is 4.79 Å². The Hall–Kier alpha value is -0.490. The number of nitriles is 1. The highest BCUT2D eigenvalue weighted by atomic mass is 32.2. The van der Waals surface area contributed by atoms with E-state index in [1.54, 1.807) is 0 Å². The summed E-state index contributed by atoms with van der Waals surface area (Å²) in [5, 5.41) is 8.22. The molecular weight excluding hydrogens is 134 g/mol. The fourth-order valence-electron chi connectivity index (χ4n) is 0.367. The summed E-state index contributed by atoms with van der Waals surface area (Å²) in [6, 6.07) is 2.02. The average molecular weight is 143 g/mol. The van der Waals surface area contributed by atoms with E-state index < -0.39 is 0 Å². The minimum atomic E-state index is 0.132. The Balaban J connectivity index is 2.94. The van der Waals surface area contributed by atoms with Gasteiger partial charge in [-0.2, -0.15) is 5.26 Å². The van der Waals surface area contributed by atoms with Crippen LogP contribution >= 0.6 is 11.8 Å². The van der Waals surface area contributed by atoms with Gasteiger partial charge in [0.2, 0.25) is 0 Å². The zero-order valence-corrected chi connectivity index (χ0v) is 6.20. The molecule has 50 valence electrons. The van der Waals surface area contributed by atoms with Crippen LogP contribution in [0.4, 0.5) is 0 Å². The first-order valence-electron chi connectivity index (χ1n) is 2.77. The van der Waals surface area contributed by atoms with Crippen molar-refractivity contribution in [1.29, 1.82) is 5.26 Å². The Morgan fingerprint density at radius 2 is 2.44 bits per heavy atom. The molecule has 0 aromatic rings. The van der Waals surface area contributed by atoms with Crippen molar-refractivity contribution >= 4 is 16.9 Å². The van der Waals surface area contributed by atoms with E-state index in [0.717, 1.165) is 12.2 Å². The number of nitrogens with zero attached hydrogens (tertiary/aromatic N) is 1. The van der Waals surface area contributed by atoms with E-state index in [9.17, 15) is 4.79 Å². The molecule has 0 spiro atoms. The lowest BCUT2D eigenvalue weighted by Gasteiger charge is -1.89. The quantitative estimate of drug-likeness (QED) is 0.563. The number of rotatable bonds is 3. The molecule has 0 rings (SSSR count). The fraction of sp³-hybridized carbons (Fsp3) is 0.667. The summed E-state index contributed by atoms with van der Waals surface area (Å²) in [6.07, 6.45) is 1.38. The molecule has 0 heterocycles. The van der Waals surface area contributed by atoms with Crippen LogP contribution in [0.15, 0.2) is 0 Å². The van der Waals surface area contributed by atoms with Crippen LogP contribution in [0.2, 0.25) is 0 Å². The maximum Gasteiger partial charge on any atom is 0.185 e. The Bertz CT molecular complexity index is 128. The van der Waals surface area contributed by atoms with Crippen LogP contribution in [0.1, 0.15) is 19.8 Å². The van der Waals surface area contributed by atoms with Gasteiger partial charge in [0.1, 0.15) is 0 Å². The number of thioether (sulfide) groups is 1. The van der Waals surface area contributed by atoms with E-state index in [1.165, 1.54) is 18.7 Å². The highest BCUT2D eigenvalue weighted by Crippen LogP contribution is 2.03. The van der Waals surface area contributed by atoms with E-state index in [1.807, 2.05) is 6.07 Å². The van der Waals surface area contributed by atoms with Crippen LogP contribution in [0, 0.1) is 11.3 Å². The lowest BCUT2D eigenvalue weighted by atomic mass is 10.4. The Labute approximate surface area is 59.2 Å². The summed E-state index contributed by atoms with van der Waals surface area (Å²) in [6.45, 7) is 1.54. The lowest BCUT2D eigenvalue weighted by Crippen LogP contribution is -1.84. The summed E-state index contributed by atoms with van der Waals surface area (Å²) < 4.78 is 0. The number of hydrogen-bond donors (Lipinski definition) is 0. The molecule has 0 aliphatic rings.